The molecule has 0 aliphatic heterocycles. The van der Waals surface area contributed by atoms with Crippen molar-refractivity contribution in [2.75, 3.05) is 0 Å². The number of nitrogens with one attached hydrogen (secondary N) is 1. The third kappa shape index (κ3) is 2.56. The van der Waals surface area contributed by atoms with Crippen molar-refractivity contribution in [2.24, 2.45) is 0 Å². The van der Waals surface area contributed by atoms with Crippen LogP contribution in [0.25, 0.3) is 11.4 Å². The third-order valence-corrected chi connectivity index (χ3v) is 3.07. The number of aromatic nitrogens is 4. The van der Waals surface area contributed by atoms with E-state index in [0.29, 0.717) is 17.8 Å². The summed E-state index contributed by atoms with van der Waals surface area (Å²) >= 11 is 3.30. The topological polar surface area (TPSA) is 74.7 Å². The van der Waals surface area contributed by atoms with Crippen LogP contribution in [0.2, 0.25) is 0 Å². The summed E-state index contributed by atoms with van der Waals surface area (Å²) in [6.07, 6.45) is 0.542. The van der Waals surface area contributed by atoms with Gasteiger partial charge in [-0.05, 0) is 22.6 Å². The van der Waals surface area contributed by atoms with E-state index in [2.05, 4.69) is 36.6 Å². The molecule has 1 aromatic heterocycles. The zero-order valence-corrected chi connectivity index (χ0v) is 11.3. The van der Waals surface area contributed by atoms with Crippen LogP contribution in [0.15, 0.2) is 22.7 Å². The molecule has 2 N–H and O–H groups in total. The number of rotatable bonds is 4. The van der Waals surface area contributed by atoms with E-state index in [1.807, 2.05) is 0 Å². The summed E-state index contributed by atoms with van der Waals surface area (Å²) < 4.78 is 15.0. The molecule has 0 radical (unpaired) electrons. The number of aliphatic hydroxyl groups is 1. The van der Waals surface area contributed by atoms with E-state index in [1.165, 1.54) is 6.07 Å². The first-order valence-corrected chi connectivity index (χ1v) is 6.29. The van der Waals surface area contributed by atoms with Gasteiger partial charge in [-0.1, -0.05) is 35.3 Å². The lowest BCUT2D eigenvalue weighted by molar-refractivity contribution is -0.102. The lowest BCUT2D eigenvalue weighted by Crippen LogP contribution is -2.20. The lowest BCUT2D eigenvalue weighted by Gasteiger charge is -2.21. The number of hydrogen-bond acceptors (Lipinski definition) is 4. The highest BCUT2D eigenvalue weighted by Gasteiger charge is 2.31. The van der Waals surface area contributed by atoms with E-state index >= 15 is 0 Å². The molecule has 0 aliphatic carbocycles. The number of nitrogens with zero attached hydrogens (tertiary/aromatic N) is 3. The van der Waals surface area contributed by atoms with Crippen molar-refractivity contribution < 1.29 is 9.50 Å². The molecule has 0 bridgehead atoms. The average molecular weight is 315 g/mol. The van der Waals surface area contributed by atoms with Gasteiger partial charge in [0.2, 0.25) is 5.85 Å². The van der Waals surface area contributed by atoms with Crippen LogP contribution in [0, 0.1) is 0 Å². The summed E-state index contributed by atoms with van der Waals surface area (Å²) in [6, 6.07) is 4.86. The van der Waals surface area contributed by atoms with Crippen molar-refractivity contribution in [1.82, 2.24) is 20.6 Å². The maximum atomic E-state index is 14.3. The minimum atomic E-state index is -2.39. The van der Waals surface area contributed by atoms with E-state index in [1.54, 1.807) is 19.1 Å². The molecule has 18 heavy (non-hydrogen) atoms. The zero-order chi connectivity index (χ0) is 13.2. The van der Waals surface area contributed by atoms with Crippen LogP contribution in [0.3, 0.4) is 0 Å². The van der Waals surface area contributed by atoms with Crippen molar-refractivity contribution in [3.05, 3.63) is 28.2 Å². The number of tetrazole rings is 1. The number of H-pyrrole nitrogens is 1. The summed E-state index contributed by atoms with van der Waals surface area (Å²) in [7, 11) is 0. The normalized spacial score (nSPS) is 14.4. The lowest BCUT2D eigenvalue weighted by atomic mass is 9.97. The molecule has 7 heteroatoms. The smallest absolute Gasteiger partial charge is 0.233 e. The van der Waals surface area contributed by atoms with Gasteiger partial charge < -0.3 is 5.11 Å². The first kappa shape index (κ1) is 13.1. The highest BCUT2D eigenvalue weighted by atomic mass is 79.9. The largest absolute Gasteiger partial charge is 0.358 e. The Bertz CT molecular complexity index is 530. The first-order valence-electron chi connectivity index (χ1n) is 5.50. The standard InChI is InChI=1S/C11H12BrFN4O/c1-2-5-11(13,18)9-4-3-7(12)6-8(9)10-14-16-17-15-10/h3-4,6,18H,2,5H2,1H3,(H,14,15,16,17). The molecule has 5 nitrogen and oxygen atoms in total. The first-order chi connectivity index (χ1) is 8.54. The Hall–Kier alpha value is -1.34. The van der Waals surface area contributed by atoms with E-state index in [0.717, 1.165) is 4.47 Å². The van der Waals surface area contributed by atoms with E-state index in [9.17, 15) is 9.50 Å². The molecule has 0 fully saturated rings. The molecule has 0 aliphatic rings. The van der Waals surface area contributed by atoms with Gasteiger partial charge in [-0.15, -0.1) is 5.10 Å². The van der Waals surface area contributed by atoms with Gasteiger partial charge in [0.25, 0.3) is 0 Å². The number of aromatic amines is 1. The van der Waals surface area contributed by atoms with Crippen LogP contribution in [0.1, 0.15) is 25.3 Å². The molecule has 0 saturated carbocycles. The summed E-state index contributed by atoms with van der Waals surface area (Å²) in [5, 5.41) is 23.1. The highest BCUT2D eigenvalue weighted by molar-refractivity contribution is 9.10. The Morgan fingerprint density at radius 1 is 1.50 bits per heavy atom. The average Bonchev–Trinajstić information content (AvgIpc) is 2.81. The Kier molecular flexibility index (Phi) is 3.72. The zero-order valence-electron chi connectivity index (χ0n) is 9.69. The van der Waals surface area contributed by atoms with E-state index in [4.69, 9.17) is 0 Å². The molecule has 2 rings (SSSR count). The van der Waals surface area contributed by atoms with Crippen LogP contribution in [-0.4, -0.2) is 25.7 Å². The van der Waals surface area contributed by atoms with Crippen molar-refractivity contribution in [1.29, 1.82) is 0 Å². The molecular weight excluding hydrogens is 303 g/mol. The van der Waals surface area contributed by atoms with Gasteiger partial charge in [0.15, 0.2) is 5.82 Å². The number of hydrogen-bond donors (Lipinski definition) is 2. The molecule has 96 valence electrons. The summed E-state index contributed by atoms with van der Waals surface area (Å²) in [4.78, 5) is 0. The molecule has 2 aromatic rings. The van der Waals surface area contributed by atoms with Crippen LogP contribution in [-0.2, 0) is 5.85 Å². The SMILES string of the molecule is CCCC(O)(F)c1ccc(Br)cc1-c1nnn[nH]1. The molecular formula is C11H12BrFN4O. The maximum absolute atomic E-state index is 14.3. The van der Waals surface area contributed by atoms with Crippen molar-refractivity contribution in [2.45, 2.75) is 25.6 Å². The summed E-state index contributed by atoms with van der Waals surface area (Å²) in [6.45, 7) is 1.80. The van der Waals surface area contributed by atoms with Gasteiger partial charge in [0.1, 0.15) is 0 Å². The van der Waals surface area contributed by atoms with Crippen LogP contribution >= 0.6 is 15.9 Å². The maximum Gasteiger partial charge on any atom is 0.233 e. The second-order valence-electron chi connectivity index (χ2n) is 3.95. The fourth-order valence-electron chi connectivity index (χ4n) is 1.79. The quantitative estimate of drug-likeness (QED) is 0.909. The van der Waals surface area contributed by atoms with Crippen molar-refractivity contribution in [3.63, 3.8) is 0 Å². The molecule has 0 saturated heterocycles. The molecule has 1 atom stereocenters. The van der Waals surface area contributed by atoms with Gasteiger partial charge in [-0.3, -0.25) is 0 Å². The van der Waals surface area contributed by atoms with Crippen LogP contribution < -0.4 is 0 Å². The molecule has 1 heterocycles. The van der Waals surface area contributed by atoms with Crippen LogP contribution in [0.5, 0.6) is 0 Å². The summed E-state index contributed by atoms with van der Waals surface area (Å²) in [5.74, 6) is -2.07. The van der Waals surface area contributed by atoms with Gasteiger partial charge in [0.05, 0.1) is 0 Å². The Morgan fingerprint density at radius 3 is 2.89 bits per heavy atom. The molecule has 0 amide bonds. The summed E-state index contributed by atoms with van der Waals surface area (Å²) in [5.41, 5.74) is 0.596. The van der Waals surface area contributed by atoms with Crippen molar-refractivity contribution in [3.8, 4) is 11.4 Å². The predicted octanol–water partition coefficient (Wildman–Crippen LogP) is 2.54. The minimum Gasteiger partial charge on any atom is -0.358 e. The van der Waals surface area contributed by atoms with E-state index in [-0.39, 0.29) is 12.0 Å². The number of halogens is 2. The Morgan fingerprint density at radius 2 is 2.28 bits per heavy atom. The van der Waals surface area contributed by atoms with Crippen molar-refractivity contribution >= 4 is 15.9 Å². The van der Waals surface area contributed by atoms with Gasteiger partial charge in [-0.25, -0.2) is 9.49 Å². The number of benzene rings is 1. The Labute approximate surface area is 112 Å². The molecule has 0 spiro atoms. The second-order valence-corrected chi connectivity index (χ2v) is 4.86. The minimum absolute atomic E-state index is 0.0171. The fourth-order valence-corrected chi connectivity index (χ4v) is 2.15. The van der Waals surface area contributed by atoms with Gasteiger partial charge >= 0.3 is 0 Å². The van der Waals surface area contributed by atoms with Gasteiger partial charge in [0, 0.05) is 22.0 Å². The second kappa shape index (κ2) is 5.11. The fraction of sp³-hybridized carbons (Fsp3) is 0.364. The molecule has 1 unspecified atom stereocenters. The highest BCUT2D eigenvalue weighted by Crippen LogP contribution is 2.36. The molecule has 1 aromatic carbocycles. The van der Waals surface area contributed by atoms with Gasteiger partial charge in [-0.2, -0.15) is 0 Å². The Balaban J connectivity index is 2.54. The van der Waals surface area contributed by atoms with E-state index < -0.39 is 5.85 Å². The predicted molar refractivity (Wildman–Crippen MR) is 67.2 cm³/mol. The monoisotopic (exact) mass is 314 g/mol. The third-order valence-electron chi connectivity index (χ3n) is 2.58. The van der Waals surface area contributed by atoms with Crippen LogP contribution in [0.4, 0.5) is 4.39 Å². The number of alkyl halides is 1.